The van der Waals surface area contributed by atoms with Gasteiger partial charge < -0.3 is 15.1 Å². The van der Waals surface area contributed by atoms with Crippen molar-refractivity contribution in [2.24, 2.45) is 0 Å². The van der Waals surface area contributed by atoms with Crippen LogP contribution in [0.2, 0.25) is 0 Å². The SMILES string of the molecule is CN(C)C(=O)c1ccc(N)c(SCc2ccco2)c1. The maximum absolute atomic E-state index is 11.9. The number of nitrogen functional groups attached to an aromatic ring is 1. The van der Waals surface area contributed by atoms with Crippen LogP contribution in [0.5, 0.6) is 0 Å². The molecule has 1 heterocycles. The van der Waals surface area contributed by atoms with Gasteiger partial charge in [0.15, 0.2) is 0 Å². The van der Waals surface area contributed by atoms with E-state index in [1.54, 1.807) is 49.2 Å². The van der Waals surface area contributed by atoms with Gasteiger partial charge in [-0.15, -0.1) is 11.8 Å². The molecule has 0 aliphatic heterocycles. The zero-order valence-electron chi connectivity index (χ0n) is 10.9. The summed E-state index contributed by atoms with van der Waals surface area (Å²) in [6.45, 7) is 0. The Morgan fingerprint density at radius 3 is 2.79 bits per heavy atom. The minimum atomic E-state index is -0.0279. The Morgan fingerprint density at radius 1 is 1.37 bits per heavy atom. The molecule has 0 aliphatic carbocycles. The van der Waals surface area contributed by atoms with Gasteiger partial charge in [0.2, 0.25) is 0 Å². The van der Waals surface area contributed by atoms with Crippen LogP contribution in [-0.2, 0) is 5.75 Å². The van der Waals surface area contributed by atoms with Gasteiger partial charge >= 0.3 is 0 Å². The molecule has 0 spiro atoms. The Bertz CT molecular complexity index is 565. The molecule has 19 heavy (non-hydrogen) atoms. The lowest BCUT2D eigenvalue weighted by Gasteiger charge is -2.12. The molecule has 1 aromatic heterocycles. The molecular formula is C14H16N2O2S. The van der Waals surface area contributed by atoms with Gasteiger partial charge in [0.1, 0.15) is 5.76 Å². The first-order valence-corrected chi connectivity index (χ1v) is 6.83. The summed E-state index contributed by atoms with van der Waals surface area (Å²) in [7, 11) is 3.46. The minimum absolute atomic E-state index is 0.0279. The number of hydrogen-bond acceptors (Lipinski definition) is 4. The van der Waals surface area contributed by atoms with Crippen LogP contribution in [-0.4, -0.2) is 24.9 Å². The number of nitrogens with two attached hydrogens (primary N) is 1. The van der Waals surface area contributed by atoms with Crippen LogP contribution >= 0.6 is 11.8 Å². The molecule has 1 aromatic carbocycles. The normalized spacial score (nSPS) is 10.4. The number of hydrogen-bond donors (Lipinski definition) is 1. The molecule has 0 aliphatic rings. The van der Waals surface area contributed by atoms with Gasteiger partial charge in [-0.05, 0) is 30.3 Å². The molecule has 2 N–H and O–H groups in total. The van der Waals surface area contributed by atoms with E-state index in [1.165, 1.54) is 0 Å². The third-order valence-electron chi connectivity index (χ3n) is 2.62. The molecule has 100 valence electrons. The monoisotopic (exact) mass is 276 g/mol. The van der Waals surface area contributed by atoms with Crippen LogP contribution in [0.3, 0.4) is 0 Å². The average Bonchev–Trinajstić information content (AvgIpc) is 2.90. The third kappa shape index (κ3) is 3.32. The molecule has 0 saturated heterocycles. The van der Waals surface area contributed by atoms with E-state index >= 15 is 0 Å². The second kappa shape index (κ2) is 5.84. The standard InChI is InChI=1S/C14H16N2O2S/c1-16(2)14(17)10-5-6-12(15)13(8-10)19-9-11-4-3-7-18-11/h3-8H,9,15H2,1-2H3. The second-order valence-corrected chi connectivity index (χ2v) is 5.34. The Hall–Kier alpha value is -1.88. The Balaban J connectivity index is 2.15. The van der Waals surface area contributed by atoms with Gasteiger partial charge in [-0.3, -0.25) is 4.79 Å². The van der Waals surface area contributed by atoms with Gasteiger partial charge in [0.05, 0.1) is 12.0 Å². The number of thioether (sulfide) groups is 1. The van der Waals surface area contributed by atoms with Crippen LogP contribution in [0.4, 0.5) is 5.69 Å². The molecule has 0 atom stereocenters. The highest BCUT2D eigenvalue weighted by Crippen LogP contribution is 2.29. The van der Waals surface area contributed by atoms with E-state index in [0.717, 1.165) is 10.7 Å². The molecule has 1 amide bonds. The number of rotatable bonds is 4. The van der Waals surface area contributed by atoms with Crippen molar-refractivity contribution in [3.63, 3.8) is 0 Å². The van der Waals surface area contributed by atoms with E-state index in [9.17, 15) is 4.79 Å². The highest BCUT2D eigenvalue weighted by Gasteiger charge is 2.11. The molecular weight excluding hydrogens is 260 g/mol. The van der Waals surface area contributed by atoms with Gasteiger partial charge in [0.25, 0.3) is 5.91 Å². The van der Waals surface area contributed by atoms with Gasteiger partial charge in [-0.2, -0.15) is 0 Å². The van der Waals surface area contributed by atoms with Gasteiger partial charge in [-0.25, -0.2) is 0 Å². The Morgan fingerprint density at radius 2 is 2.16 bits per heavy atom. The number of amides is 1. The van der Waals surface area contributed by atoms with Crippen molar-refractivity contribution in [1.82, 2.24) is 4.90 Å². The minimum Gasteiger partial charge on any atom is -0.468 e. The largest absolute Gasteiger partial charge is 0.468 e. The predicted octanol–water partition coefficient (Wildman–Crippen LogP) is 2.86. The van der Waals surface area contributed by atoms with E-state index in [2.05, 4.69) is 0 Å². The average molecular weight is 276 g/mol. The third-order valence-corrected chi connectivity index (χ3v) is 3.71. The molecule has 5 heteroatoms. The fourth-order valence-corrected chi connectivity index (χ4v) is 2.50. The molecule has 0 fully saturated rings. The zero-order valence-corrected chi connectivity index (χ0v) is 11.7. The van der Waals surface area contributed by atoms with E-state index in [0.29, 0.717) is 17.0 Å². The Labute approximate surface area is 116 Å². The first-order chi connectivity index (χ1) is 9.08. The first-order valence-electron chi connectivity index (χ1n) is 5.84. The van der Waals surface area contributed by atoms with Crippen molar-refractivity contribution in [2.75, 3.05) is 19.8 Å². The molecule has 2 rings (SSSR count). The number of carbonyl (C=O) groups is 1. The van der Waals surface area contributed by atoms with Crippen molar-refractivity contribution in [3.8, 4) is 0 Å². The fourth-order valence-electron chi connectivity index (χ4n) is 1.59. The number of carbonyl (C=O) groups excluding carboxylic acids is 1. The number of anilines is 1. The quantitative estimate of drug-likeness (QED) is 0.689. The van der Waals surface area contributed by atoms with Crippen molar-refractivity contribution >= 4 is 23.4 Å². The van der Waals surface area contributed by atoms with E-state index in [-0.39, 0.29) is 5.91 Å². The number of furan rings is 1. The van der Waals surface area contributed by atoms with Crippen molar-refractivity contribution in [3.05, 3.63) is 47.9 Å². The summed E-state index contributed by atoms with van der Waals surface area (Å²) in [4.78, 5) is 14.3. The molecule has 0 saturated carbocycles. The molecule has 0 unspecified atom stereocenters. The van der Waals surface area contributed by atoms with E-state index < -0.39 is 0 Å². The maximum atomic E-state index is 11.9. The van der Waals surface area contributed by atoms with Crippen LogP contribution < -0.4 is 5.73 Å². The molecule has 0 bridgehead atoms. The highest BCUT2D eigenvalue weighted by molar-refractivity contribution is 7.98. The van der Waals surface area contributed by atoms with E-state index in [1.807, 2.05) is 18.2 Å². The summed E-state index contributed by atoms with van der Waals surface area (Å²) < 4.78 is 5.27. The summed E-state index contributed by atoms with van der Waals surface area (Å²) in [5.74, 6) is 1.55. The summed E-state index contributed by atoms with van der Waals surface area (Å²) in [5, 5.41) is 0. The highest BCUT2D eigenvalue weighted by atomic mass is 32.2. The van der Waals surface area contributed by atoms with Gasteiger partial charge in [0, 0.05) is 30.2 Å². The summed E-state index contributed by atoms with van der Waals surface area (Å²) in [5.41, 5.74) is 7.24. The lowest BCUT2D eigenvalue weighted by molar-refractivity contribution is 0.0827. The summed E-state index contributed by atoms with van der Waals surface area (Å²) in [6.07, 6.45) is 1.64. The van der Waals surface area contributed by atoms with Gasteiger partial charge in [-0.1, -0.05) is 0 Å². The predicted molar refractivity (Wildman–Crippen MR) is 77.1 cm³/mol. The molecule has 0 radical (unpaired) electrons. The number of benzene rings is 1. The first kappa shape index (κ1) is 13.5. The van der Waals surface area contributed by atoms with Crippen molar-refractivity contribution in [1.29, 1.82) is 0 Å². The Kier molecular flexibility index (Phi) is 4.16. The smallest absolute Gasteiger partial charge is 0.253 e. The number of nitrogens with zero attached hydrogens (tertiary/aromatic N) is 1. The fraction of sp³-hybridized carbons (Fsp3) is 0.214. The van der Waals surface area contributed by atoms with Crippen molar-refractivity contribution in [2.45, 2.75) is 10.6 Å². The summed E-state index contributed by atoms with van der Waals surface area (Å²) in [6, 6.07) is 9.10. The topological polar surface area (TPSA) is 59.5 Å². The summed E-state index contributed by atoms with van der Waals surface area (Å²) >= 11 is 1.56. The van der Waals surface area contributed by atoms with E-state index in [4.69, 9.17) is 10.2 Å². The molecule has 2 aromatic rings. The lowest BCUT2D eigenvalue weighted by atomic mass is 10.2. The van der Waals surface area contributed by atoms with Crippen LogP contribution in [0.1, 0.15) is 16.1 Å². The second-order valence-electron chi connectivity index (χ2n) is 4.32. The van der Waals surface area contributed by atoms with Crippen LogP contribution in [0.25, 0.3) is 0 Å². The molecule has 4 nitrogen and oxygen atoms in total. The van der Waals surface area contributed by atoms with Crippen LogP contribution in [0.15, 0.2) is 45.9 Å². The maximum Gasteiger partial charge on any atom is 0.253 e. The lowest BCUT2D eigenvalue weighted by Crippen LogP contribution is -2.21. The zero-order chi connectivity index (χ0) is 13.8. The van der Waals surface area contributed by atoms with Crippen molar-refractivity contribution < 1.29 is 9.21 Å². The van der Waals surface area contributed by atoms with Crippen LogP contribution in [0, 0.1) is 0 Å².